The van der Waals surface area contributed by atoms with Crippen LogP contribution in [-0.4, -0.2) is 20.0 Å². The maximum absolute atomic E-state index is 13.3. The van der Waals surface area contributed by atoms with Crippen LogP contribution < -0.4 is 16.0 Å². The van der Waals surface area contributed by atoms with Gasteiger partial charge in [0.05, 0.1) is 16.9 Å². The lowest BCUT2D eigenvalue weighted by Gasteiger charge is -2.18. The molecule has 0 aromatic heterocycles. The maximum Gasteiger partial charge on any atom is 0.257 e. The summed E-state index contributed by atoms with van der Waals surface area (Å²) in [6, 6.07) is 9.24. The van der Waals surface area contributed by atoms with E-state index in [1.165, 1.54) is 12.1 Å². The van der Waals surface area contributed by atoms with Gasteiger partial charge >= 0.3 is 0 Å². The van der Waals surface area contributed by atoms with Crippen molar-refractivity contribution in [3.8, 4) is 0 Å². The highest BCUT2D eigenvalue weighted by Gasteiger charge is 2.14. The van der Waals surface area contributed by atoms with Gasteiger partial charge in [-0.05, 0) is 36.4 Å². The zero-order valence-electron chi connectivity index (χ0n) is 11.7. The van der Waals surface area contributed by atoms with Crippen molar-refractivity contribution >= 4 is 38.9 Å². The summed E-state index contributed by atoms with van der Waals surface area (Å²) in [6.45, 7) is 0. The number of nitrogens with one attached hydrogen (secondary N) is 1. The predicted octanol–water partition coefficient (Wildman–Crippen LogP) is 3.49. The fourth-order valence-electron chi connectivity index (χ4n) is 1.91. The number of anilines is 3. The van der Waals surface area contributed by atoms with Crippen molar-refractivity contribution in [2.24, 2.45) is 0 Å². The molecule has 0 radical (unpaired) electrons. The second-order valence-corrected chi connectivity index (χ2v) is 5.66. The molecule has 2 rings (SSSR count). The third kappa shape index (κ3) is 3.52. The molecule has 0 atom stereocenters. The molecule has 0 spiro atoms. The van der Waals surface area contributed by atoms with E-state index in [1.54, 1.807) is 6.07 Å². The van der Waals surface area contributed by atoms with E-state index in [-0.39, 0.29) is 11.3 Å². The monoisotopic (exact) mass is 351 g/mol. The van der Waals surface area contributed by atoms with Gasteiger partial charge in [-0.1, -0.05) is 15.9 Å². The predicted molar refractivity (Wildman–Crippen MR) is 87.2 cm³/mol. The molecule has 0 aliphatic carbocycles. The van der Waals surface area contributed by atoms with Gasteiger partial charge in [-0.3, -0.25) is 4.79 Å². The van der Waals surface area contributed by atoms with Gasteiger partial charge < -0.3 is 16.0 Å². The molecule has 0 aliphatic heterocycles. The fourth-order valence-corrected chi connectivity index (χ4v) is 2.27. The van der Waals surface area contributed by atoms with Crippen LogP contribution in [0.1, 0.15) is 10.4 Å². The molecule has 0 fully saturated rings. The van der Waals surface area contributed by atoms with Crippen LogP contribution in [0.2, 0.25) is 0 Å². The Bertz CT molecular complexity index is 689. The average Bonchev–Trinajstić information content (AvgIpc) is 2.41. The van der Waals surface area contributed by atoms with Crippen LogP contribution in [0, 0.1) is 5.82 Å². The number of halogens is 2. The summed E-state index contributed by atoms with van der Waals surface area (Å²) < 4.78 is 14.1. The average molecular weight is 352 g/mol. The first-order valence-corrected chi connectivity index (χ1v) is 7.01. The van der Waals surface area contributed by atoms with Gasteiger partial charge in [0.25, 0.3) is 5.91 Å². The molecule has 1 amide bonds. The van der Waals surface area contributed by atoms with Gasteiger partial charge in [0.1, 0.15) is 5.82 Å². The number of hydrogen-bond acceptors (Lipinski definition) is 3. The van der Waals surface area contributed by atoms with Crippen LogP contribution >= 0.6 is 15.9 Å². The van der Waals surface area contributed by atoms with E-state index in [4.69, 9.17) is 5.73 Å². The van der Waals surface area contributed by atoms with Crippen molar-refractivity contribution in [1.82, 2.24) is 0 Å². The Kier molecular flexibility index (Phi) is 4.47. The number of amides is 1. The largest absolute Gasteiger partial charge is 0.398 e. The highest BCUT2D eigenvalue weighted by atomic mass is 79.9. The van der Waals surface area contributed by atoms with Crippen LogP contribution in [0.4, 0.5) is 21.5 Å². The maximum atomic E-state index is 13.3. The molecule has 0 bridgehead atoms. The molecular weight excluding hydrogens is 337 g/mol. The van der Waals surface area contributed by atoms with Crippen molar-refractivity contribution in [2.45, 2.75) is 0 Å². The van der Waals surface area contributed by atoms with Crippen LogP contribution in [0.15, 0.2) is 40.9 Å². The van der Waals surface area contributed by atoms with Crippen molar-refractivity contribution in [2.75, 3.05) is 30.0 Å². The molecule has 0 aliphatic rings. The first kappa shape index (κ1) is 15.3. The SMILES string of the molecule is CN(C)c1ccc(Br)cc1NC(=O)c1cc(F)ccc1N. The van der Waals surface area contributed by atoms with E-state index in [2.05, 4.69) is 21.2 Å². The van der Waals surface area contributed by atoms with Crippen molar-refractivity contribution < 1.29 is 9.18 Å². The highest BCUT2D eigenvalue weighted by molar-refractivity contribution is 9.10. The highest BCUT2D eigenvalue weighted by Crippen LogP contribution is 2.29. The number of hydrogen-bond donors (Lipinski definition) is 2. The Labute approximate surface area is 130 Å². The third-order valence-electron chi connectivity index (χ3n) is 2.95. The normalized spacial score (nSPS) is 10.3. The first-order chi connectivity index (χ1) is 9.88. The number of benzene rings is 2. The summed E-state index contributed by atoms with van der Waals surface area (Å²) in [5.74, 6) is -0.954. The fraction of sp³-hybridized carbons (Fsp3) is 0.133. The summed E-state index contributed by atoms with van der Waals surface area (Å²) in [4.78, 5) is 14.2. The molecule has 110 valence electrons. The molecule has 4 nitrogen and oxygen atoms in total. The van der Waals surface area contributed by atoms with Crippen molar-refractivity contribution in [1.29, 1.82) is 0 Å². The number of nitrogens with two attached hydrogens (primary N) is 1. The summed E-state index contributed by atoms with van der Waals surface area (Å²) >= 11 is 3.36. The molecule has 2 aromatic rings. The van der Waals surface area contributed by atoms with E-state index in [1.807, 2.05) is 31.1 Å². The number of carbonyl (C=O) groups is 1. The van der Waals surface area contributed by atoms with Crippen molar-refractivity contribution in [3.63, 3.8) is 0 Å². The molecule has 2 aromatic carbocycles. The number of rotatable bonds is 3. The second kappa shape index (κ2) is 6.13. The van der Waals surface area contributed by atoms with Crippen molar-refractivity contribution in [3.05, 3.63) is 52.3 Å². The minimum Gasteiger partial charge on any atom is -0.398 e. The van der Waals surface area contributed by atoms with Gasteiger partial charge in [0, 0.05) is 24.3 Å². The minimum absolute atomic E-state index is 0.111. The lowest BCUT2D eigenvalue weighted by molar-refractivity contribution is 0.102. The molecule has 0 unspecified atom stereocenters. The zero-order chi connectivity index (χ0) is 15.6. The lowest BCUT2D eigenvalue weighted by atomic mass is 10.1. The van der Waals surface area contributed by atoms with Crippen LogP contribution in [0.25, 0.3) is 0 Å². The second-order valence-electron chi connectivity index (χ2n) is 4.74. The van der Waals surface area contributed by atoms with Crippen LogP contribution in [0.5, 0.6) is 0 Å². The molecule has 0 saturated heterocycles. The summed E-state index contributed by atoms with van der Waals surface area (Å²) in [5, 5.41) is 2.76. The van der Waals surface area contributed by atoms with E-state index in [0.717, 1.165) is 16.2 Å². The van der Waals surface area contributed by atoms with E-state index >= 15 is 0 Å². The number of carbonyl (C=O) groups excluding carboxylic acids is 1. The van der Waals surface area contributed by atoms with E-state index in [9.17, 15) is 9.18 Å². The molecule has 3 N–H and O–H groups in total. The van der Waals surface area contributed by atoms with Gasteiger partial charge in [-0.15, -0.1) is 0 Å². The summed E-state index contributed by atoms with van der Waals surface area (Å²) in [6.07, 6.45) is 0. The molecule has 21 heavy (non-hydrogen) atoms. The topological polar surface area (TPSA) is 58.4 Å². The van der Waals surface area contributed by atoms with Gasteiger partial charge in [0.15, 0.2) is 0 Å². The Morgan fingerprint density at radius 2 is 1.95 bits per heavy atom. The first-order valence-electron chi connectivity index (χ1n) is 6.21. The van der Waals surface area contributed by atoms with Gasteiger partial charge in [-0.25, -0.2) is 4.39 Å². The van der Waals surface area contributed by atoms with Gasteiger partial charge in [0.2, 0.25) is 0 Å². The summed E-state index contributed by atoms with van der Waals surface area (Å²) in [5.41, 5.74) is 7.52. The molecular formula is C15H15BrFN3O. The summed E-state index contributed by atoms with van der Waals surface area (Å²) in [7, 11) is 3.74. The Morgan fingerprint density at radius 3 is 2.62 bits per heavy atom. The van der Waals surface area contributed by atoms with Crippen LogP contribution in [-0.2, 0) is 0 Å². The Hall–Kier alpha value is -2.08. The number of nitrogen functional groups attached to an aromatic ring is 1. The minimum atomic E-state index is -0.503. The molecule has 0 heterocycles. The smallest absolute Gasteiger partial charge is 0.257 e. The quantitative estimate of drug-likeness (QED) is 0.832. The third-order valence-corrected chi connectivity index (χ3v) is 3.44. The van der Waals surface area contributed by atoms with Gasteiger partial charge in [-0.2, -0.15) is 0 Å². The zero-order valence-corrected chi connectivity index (χ0v) is 13.2. The standard InChI is InChI=1S/C15H15BrFN3O/c1-20(2)14-6-3-9(16)7-13(14)19-15(21)11-8-10(17)4-5-12(11)18/h3-8H,18H2,1-2H3,(H,19,21). The molecule has 6 heteroatoms. The number of nitrogens with zero attached hydrogens (tertiary/aromatic N) is 1. The van der Waals surface area contributed by atoms with E-state index < -0.39 is 11.7 Å². The van der Waals surface area contributed by atoms with E-state index in [0.29, 0.717) is 5.69 Å². The Balaban J connectivity index is 2.35. The Morgan fingerprint density at radius 1 is 1.24 bits per heavy atom. The lowest BCUT2D eigenvalue weighted by Crippen LogP contribution is -2.18. The molecule has 0 saturated carbocycles. The van der Waals surface area contributed by atoms with Crippen LogP contribution in [0.3, 0.4) is 0 Å².